The van der Waals surface area contributed by atoms with Crippen LogP contribution in [0.1, 0.15) is 0 Å². The van der Waals surface area contributed by atoms with E-state index < -0.39 is 10.0 Å². The fourth-order valence-electron chi connectivity index (χ4n) is 3.21. The largest absolute Gasteiger partial charge is 0.497 e. The van der Waals surface area contributed by atoms with Crippen molar-refractivity contribution >= 4 is 54.9 Å². The van der Waals surface area contributed by atoms with Gasteiger partial charge < -0.3 is 10.1 Å². The van der Waals surface area contributed by atoms with Gasteiger partial charge in [0.1, 0.15) is 12.3 Å². The van der Waals surface area contributed by atoms with Crippen LogP contribution in [-0.4, -0.2) is 45.3 Å². The predicted octanol–water partition coefficient (Wildman–Crippen LogP) is 4.41. The van der Waals surface area contributed by atoms with Crippen LogP contribution in [0, 0.1) is 0 Å². The van der Waals surface area contributed by atoms with Crippen molar-refractivity contribution in [2.75, 3.05) is 30.3 Å². The van der Waals surface area contributed by atoms with Crippen LogP contribution < -0.4 is 14.4 Å². The molecular formula is C24H23N3O4S3. The number of anilines is 1. The third kappa shape index (κ3) is 5.69. The summed E-state index contributed by atoms with van der Waals surface area (Å²) in [6.45, 7) is 0.0522. The van der Waals surface area contributed by atoms with Crippen molar-refractivity contribution in [3.63, 3.8) is 0 Å². The molecule has 4 aromatic rings. The van der Waals surface area contributed by atoms with Crippen LogP contribution in [0.5, 0.6) is 5.75 Å². The zero-order chi connectivity index (χ0) is 24.0. The van der Waals surface area contributed by atoms with Crippen molar-refractivity contribution in [2.45, 2.75) is 9.24 Å². The van der Waals surface area contributed by atoms with Gasteiger partial charge >= 0.3 is 0 Å². The lowest BCUT2D eigenvalue weighted by atomic mass is 10.3. The number of nitrogens with one attached hydrogen (secondary N) is 1. The lowest BCUT2D eigenvalue weighted by Crippen LogP contribution is -2.41. The summed E-state index contributed by atoms with van der Waals surface area (Å²) in [5.41, 5.74) is 1.34. The van der Waals surface area contributed by atoms with E-state index in [0.29, 0.717) is 23.7 Å². The Balaban J connectivity index is 1.42. The Morgan fingerprint density at radius 3 is 2.44 bits per heavy atom. The first-order chi connectivity index (χ1) is 16.5. The molecule has 1 heterocycles. The van der Waals surface area contributed by atoms with Crippen LogP contribution in [0.3, 0.4) is 0 Å². The molecule has 1 N–H and O–H groups in total. The highest BCUT2D eigenvalue weighted by atomic mass is 32.2. The molecule has 0 aliphatic rings. The average Bonchev–Trinajstić information content (AvgIpc) is 3.29. The fourth-order valence-corrected chi connectivity index (χ4v) is 6.65. The molecular weight excluding hydrogens is 490 g/mol. The van der Waals surface area contributed by atoms with Crippen LogP contribution in [0.25, 0.3) is 10.2 Å². The van der Waals surface area contributed by atoms with E-state index >= 15 is 0 Å². The lowest BCUT2D eigenvalue weighted by Gasteiger charge is -2.24. The number of sulfonamides is 1. The van der Waals surface area contributed by atoms with E-state index in [2.05, 4.69) is 10.3 Å². The van der Waals surface area contributed by atoms with Crippen molar-refractivity contribution in [3.8, 4) is 5.75 Å². The summed E-state index contributed by atoms with van der Waals surface area (Å²) in [5.74, 6) is 0.830. The molecule has 0 bridgehead atoms. The number of ether oxygens (including phenoxy) is 1. The monoisotopic (exact) mass is 513 g/mol. The summed E-state index contributed by atoms with van der Waals surface area (Å²) in [6, 6.07) is 22.6. The summed E-state index contributed by atoms with van der Waals surface area (Å²) in [6.07, 6.45) is 0. The number of amides is 1. The lowest BCUT2D eigenvalue weighted by molar-refractivity contribution is -0.119. The smallest absolute Gasteiger partial charge is 0.264 e. The molecule has 0 fully saturated rings. The van der Waals surface area contributed by atoms with E-state index in [1.165, 1.54) is 19.2 Å². The SMILES string of the molecule is COc1ccc(N(CC(=O)NCCSc2nc3ccccc3s2)S(=O)(=O)c2ccccc2)cc1. The van der Waals surface area contributed by atoms with Gasteiger partial charge in [-0.15, -0.1) is 11.3 Å². The Labute approximate surface area is 206 Å². The first-order valence-electron chi connectivity index (χ1n) is 10.4. The Hall–Kier alpha value is -3.08. The molecule has 0 aliphatic carbocycles. The molecule has 1 amide bonds. The number of thiazole rings is 1. The van der Waals surface area contributed by atoms with Crippen molar-refractivity contribution in [1.82, 2.24) is 10.3 Å². The quantitative estimate of drug-likeness (QED) is 0.250. The van der Waals surface area contributed by atoms with Crippen LogP contribution in [0.4, 0.5) is 5.69 Å². The molecule has 3 aromatic carbocycles. The third-order valence-electron chi connectivity index (χ3n) is 4.90. The number of thioether (sulfide) groups is 1. The van der Waals surface area contributed by atoms with E-state index in [4.69, 9.17) is 4.74 Å². The summed E-state index contributed by atoms with van der Waals surface area (Å²) in [5, 5.41) is 2.82. The molecule has 0 radical (unpaired) electrons. The Kier molecular flexibility index (Phi) is 7.71. The number of hydrogen-bond donors (Lipinski definition) is 1. The number of benzene rings is 3. The number of fused-ring (bicyclic) bond motifs is 1. The van der Waals surface area contributed by atoms with Crippen LogP contribution in [-0.2, 0) is 14.8 Å². The summed E-state index contributed by atoms with van der Waals surface area (Å²) >= 11 is 3.17. The van der Waals surface area contributed by atoms with Gasteiger partial charge in [0.15, 0.2) is 4.34 Å². The summed E-state index contributed by atoms with van der Waals surface area (Å²) in [7, 11) is -2.40. The molecule has 10 heteroatoms. The molecule has 1 aromatic heterocycles. The van der Waals surface area contributed by atoms with E-state index in [-0.39, 0.29) is 17.3 Å². The number of carbonyl (C=O) groups is 1. The highest BCUT2D eigenvalue weighted by Crippen LogP contribution is 2.29. The van der Waals surface area contributed by atoms with Gasteiger partial charge in [-0.1, -0.05) is 42.1 Å². The van der Waals surface area contributed by atoms with E-state index in [1.807, 2.05) is 24.3 Å². The van der Waals surface area contributed by atoms with Crippen LogP contribution >= 0.6 is 23.1 Å². The number of aromatic nitrogens is 1. The number of para-hydroxylation sites is 1. The molecule has 0 saturated carbocycles. The van der Waals surface area contributed by atoms with Gasteiger partial charge in [-0.2, -0.15) is 0 Å². The maximum Gasteiger partial charge on any atom is 0.264 e. The molecule has 0 spiro atoms. The minimum atomic E-state index is -3.94. The average molecular weight is 514 g/mol. The predicted molar refractivity (Wildman–Crippen MR) is 137 cm³/mol. The Morgan fingerprint density at radius 2 is 1.74 bits per heavy atom. The van der Waals surface area contributed by atoms with Gasteiger partial charge in [-0.05, 0) is 48.5 Å². The number of methoxy groups -OCH3 is 1. The number of rotatable bonds is 10. The minimum Gasteiger partial charge on any atom is -0.497 e. The van der Waals surface area contributed by atoms with Gasteiger partial charge in [0, 0.05) is 12.3 Å². The van der Waals surface area contributed by atoms with Gasteiger partial charge in [0.2, 0.25) is 5.91 Å². The molecule has 0 unspecified atom stereocenters. The van der Waals surface area contributed by atoms with E-state index in [9.17, 15) is 13.2 Å². The molecule has 0 saturated heterocycles. The van der Waals surface area contributed by atoms with E-state index in [1.54, 1.807) is 65.6 Å². The molecule has 0 aliphatic heterocycles. The second kappa shape index (κ2) is 10.9. The highest BCUT2D eigenvalue weighted by Gasteiger charge is 2.27. The van der Waals surface area contributed by atoms with Gasteiger partial charge in [-0.3, -0.25) is 9.10 Å². The first-order valence-corrected chi connectivity index (χ1v) is 13.7. The molecule has 4 rings (SSSR count). The molecule has 34 heavy (non-hydrogen) atoms. The summed E-state index contributed by atoms with van der Waals surface area (Å²) < 4.78 is 35.0. The number of nitrogens with zero attached hydrogens (tertiary/aromatic N) is 2. The molecule has 176 valence electrons. The fraction of sp³-hybridized carbons (Fsp3) is 0.167. The number of hydrogen-bond acceptors (Lipinski definition) is 7. The highest BCUT2D eigenvalue weighted by molar-refractivity contribution is 8.01. The normalized spacial score (nSPS) is 11.3. The zero-order valence-electron chi connectivity index (χ0n) is 18.4. The van der Waals surface area contributed by atoms with Gasteiger partial charge in [-0.25, -0.2) is 13.4 Å². The molecule has 7 nitrogen and oxygen atoms in total. The van der Waals surface area contributed by atoms with Gasteiger partial charge in [0.05, 0.1) is 27.9 Å². The minimum absolute atomic E-state index is 0.116. The van der Waals surface area contributed by atoms with Crippen molar-refractivity contribution < 1.29 is 17.9 Å². The second-order valence-corrected chi connectivity index (χ2v) is 11.4. The van der Waals surface area contributed by atoms with Gasteiger partial charge in [0.25, 0.3) is 10.0 Å². The van der Waals surface area contributed by atoms with E-state index in [0.717, 1.165) is 18.9 Å². The Bertz CT molecular complexity index is 1320. The van der Waals surface area contributed by atoms with Crippen LogP contribution in [0.15, 0.2) is 88.1 Å². The zero-order valence-corrected chi connectivity index (χ0v) is 20.8. The maximum atomic E-state index is 13.3. The summed E-state index contributed by atoms with van der Waals surface area (Å²) in [4.78, 5) is 17.4. The number of carbonyl (C=O) groups excluding carboxylic acids is 1. The van der Waals surface area contributed by atoms with Crippen molar-refractivity contribution in [2.24, 2.45) is 0 Å². The standard InChI is InChI=1S/C24H23N3O4S3/c1-31-19-13-11-18(12-14-19)27(34(29,30)20-7-3-2-4-8-20)17-23(28)25-15-16-32-24-26-21-9-5-6-10-22(21)33-24/h2-14H,15-17H2,1H3,(H,25,28). The van der Waals surface area contributed by atoms with Crippen molar-refractivity contribution in [3.05, 3.63) is 78.9 Å². The second-order valence-electron chi connectivity index (χ2n) is 7.17. The maximum absolute atomic E-state index is 13.3. The first kappa shape index (κ1) is 24.1. The molecule has 0 atom stereocenters. The Morgan fingerprint density at radius 1 is 1.03 bits per heavy atom. The third-order valence-corrected chi connectivity index (χ3v) is 8.87. The van der Waals surface area contributed by atoms with Crippen LogP contribution in [0.2, 0.25) is 0 Å². The topological polar surface area (TPSA) is 88.6 Å². The van der Waals surface area contributed by atoms with Crippen molar-refractivity contribution in [1.29, 1.82) is 0 Å².